The van der Waals surface area contributed by atoms with Crippen molar-refractivity contribution in [3.8, 4) is 0 Å². The van der Waals surface area contributed by atoms with Crippen LogP contribution < -0.4 is 10.4 Å². The molecule has 0 fully saturated rings. The standard InChI is InChI=1S/C31H30ClNO6S/c1-3-11-38-31(37)26(16-25(34)13-20-7-5-4-6-8-20)29-33-28(30(35)36)22(18-40-29)10-9-21-14-23-15-27(32)39-17-24(23)12-19(21)2/h4-10,12,14-15,17,26,29H,3,11,13,16,18H2,1-2H3,(H,35,36)/b21-9-,22-10+. The van der Waals surface area contributed by atoms with E-state index in [4.69, 9.17) is 21.1 Å². The Kier molecular flexibility index (Phi) is 10.0. The van der Waals surface area contributed by atoms with Crippen LogP contribution in [0.4, 0.5) is 0 Å². The van der Waals surface area contributed by atoms with E-state index in [2.05, 4.69) is 4.99 Å². The zero-order chi connectivity index (χ0) is 28.6. The van der Waals surface area contributed by atoms with Crippen molar-refractivity contribution in [2.75, 3.05) is 12.4 Å². The zero-order valence-corrected chi connectivity index (χ0v) is 23.8. The third-order valence-electron chi connectivity index (χ3n) is 6.46. The van der Waals surface area contributed by atoms with Gasteiger partial charge in [-0.3, -0.25) is 14.6 Å². The molecular weight excluding hydrogens is 550 g/mol. The minimum Gasteiger partial charge on any atom is -0.477 e. The molecule has 7 nitrogen and oxygen atoms in total. The average Bonchev–Trinajstić information content (AvgIpc) is 2.94. The van der Waals surface area contributed by atoms with Gasteiger partial charge in [-0.15, -0.1) is 11.8 Å². The monoisotopic (exact) mass is 579 g/mol. The third-order valence-corrected chi connectivity index (χ3v) is 7.91. The summed E-state index contributed by atoms with van der Waals surface area (Å²) in [6, 6.07) is 13.2. The van der Waals surface area contributed by atoms with Gasteiger partial charge in [0.2, 0.25) is 0 Å². The molecule has 2 aromatic rings. The first-order valence-electron chi connectivity index (χ1n) is 13.0. The van der Waals surface area contributed by atoms with Gasteiger partial charge in [-0.1, -0.05) is 49.4 Å². The number of ether oxygens (including phenoxy) is 2. The fraction of sp³-hybridized carbons (Fsp3) is 0.290. The minimum absolute atomic E-state index is 0.0815. The van der Waals surface area contributed by atoms with Gasteiger partial charge < -0.3 is 14.6 Å². The van der Waals surface area contributed by atoms with Crippen LogP contribution in [0.3, 0.4) is 0 Å². The molecule has 2 atom stereocenters. The van der Waals surface area contributed by atoms with E-state index in [1.54, 1.807) is 18.4 Å². The number of benzene rings is 2. The molecule has 0 saturated carbocycles. The second-order valence-corrected chi connectivity index (χ2v) is 11.0. The zero-order valence-electron chi connectivity index (χ0n) is 22.3. The van der Waals surface area contributed by atoms with Gasteiger partial charge in [0.15, 0.2) is 5.22 Å². The van der Waals surface area contributed by atoms with Crippen LogP contribution in [0.5, 0.6) is 0 Å². The Balaban J connectivity index is 1.61. The summed E-state index contributed by atoms with van der Waals surface area (Å²) in [5.41, 5.74) is 3.12. The maximum absolute atomic E-state index is 13.0. The number of esters is 1. The topological polar surface area (TPSA) is 102 Å². The number of ketones is 1. The molecular formula is C31H30ClNO6S. The number of aryl methyl sites for hydroxylation is 1. The minimum atomic E-state index is -1.19. The summed E-state index contributed by atoms with van der Waals surface area (Å²) in [7, 11) is 0. The molecule has 0 saturated heterocycles. The molecule has 0 amide bonds. The van der Waals surface area contributed by atoms with Crippen LogP contribution >= 0.6 is 23.4 Å². The highest BCUT2D eigenvalue weighted by Gasteiger charge is 2.36. The predicted molar refractivity (Wildman–Crippen MR) is 158 cm³/mol. The first-order chi connectivity index (χ1) is 19.2. The smallest absolute Gasteiger partial charge is 0.354 e. The lowest BCUT2D eigenvalue weighted by Crippen LogP contribution is -2.34. The van der Waals surface area contributed by atoms with Crippen molar-refractivity contribution in [2.24, 2.45) is 10.9 Å². The van der Waals surface area contributed by atoms with E-state index in [9.17, 15) is 19.5 Å². The number of fused-ring (bicyclic) bond motifs is 1. The molecule has 2 unspecified atom stereocenters. The molecule has 4 rings (SSSR count). The molecule has 0 bridgehead atoms. The van der Waals surface area contributed by atoms with Crippen molar-refractivity contribution in [2.45, 2.75) is 38.5 Å². The molecule has 2 aliphatic rings. The lowest BCUT2D eigenvalue weighted by molar-refractivity contribution is -0.150. The molecule has 0 aliphatic carbocycles. The summed E-state index contributed by atoms with van der Waals surface area (Å²) in [6.07, 6.45) is 7.63. The fourth-order valence-electron chi connectivity index (χ4n) is 4.41. The van der Waals surface area contributed by atoms with Crippen LogP contribution in [0.15, 0.2) is 64.3 Å². The fourth-order valence-corrected chi connectivity index (χ4v) is 5.77. The average molecular weight is 580 g/mol. The van der Waals surface area contributed by atoms with E-state index in [-0.39, 0.29) is 36.2 Å². The Labute approximate surface area is 241 Å². The Morgan fingerprint density at radius 2 is 2.00 bits per heavy atom. The number of rotatable bonds is 10. The molecule has 9 heteroatoms. The van der Waals surface area contributed by atoms with Gasteiger partial charge in [-0.05, 0) is 64.6 Å². The summed E-state index contributed by atoms with van der Waals surface area (Å²) < 4.78 is 10.6. The van der Waals surface area contributed by atoms with E-state index in [0.29, 0.717) is 17.7 Å². The summed E-state index contributed by atoms with van der Waals surface area (Å²) >= 11 is 7.33. The number of carboxylic acids is 1. The summed E-state index contributed by atoms with van der Waals surface area (Å²) in [4.78, 5) is 42.6. The number of aliphatic imine (C=N–C) groups is 1. The van der Waals surface area contributed by atoms with Gasteiger partial charge in [-0.25, -0.2) is 4.79 Å². The maximum Gasteiger partial charge on any atom is 0.354 e. The molecule has 0 aromatic heterocycles. The SMILES string of the molecule is CCCOC(=O)C(CC(=O)Cc1ccccc1)C1N=C(C(=O)O)/C(=C/C=c2/cc3c(cc2C)=COC(Cl)=C3)CS1. The Morgan fingerprint density at radius 3 is 2.73 bits per heavy atom. The molecule has 2 aromatic carbocycles. The highest BCUT2D eigenvalue weighted by Crippen LogP contribution is 2.32. The van der Waals surface area contributed by atoms with Crippen LogP contribution in [-0.4, -0.2) is 46.3 Å². The van der Waals surface area contributed by atoms with Gasteiger partial charge >= 0.3 is 11.9 Å². The van der Waals surface area contributed by atoms with Gasteiger partial charge in [0.1, 0.15) is 23.1 Å². The second kappa shape index (κ2) is 13.6. The van der Waals surface area contributed by atoms with Crippen molar-refractivity contribution >= 4 is 65.2 Å². The number of carbonyl (C=O) groups is 3. The summed E-state index contributed by atoms with van der Waals surface area (Å²) in [5.74, 6) is -2.43. The van der Waals surface area contributed by atoms with Crippen LogP contribution in [0.1, 0.15) is 36.5 Å². The first kappa shape index (κ1) is 29.4. The van der Waals surface area contributed by atoms with E-state index < -0.39 is 23.2 Å². The molecule has 1 N–H and O–H groups in total. The van der Waals surface area contributed by atoms with Gasteiger partial charge in [-0.2, -0.15) is 0 Å². The van der Waals surface area contributed by atoms with Crippen molar-refractivity contribution in [1.82, 2.24) is 0 Å². The quantitative estimate of drug-likeness (QED) is 0.417. The number of Topliss-reactive ketones (excluding diaryl/α,β-unsaturated/α-hetero) is 1. The third kappa shape index (κ3) is 7.52. The lowest BCUT2D eigenvalue weighted by Gasteiger charge is -2.26. The van der Waals surface area contributed by atoms with E-state index in [0.717, 1.165) is 27.1 Å². The van der Waals surface area contributed by atoms with Crippen LogP contribution in [0.2, 0.25) is 0 Å². The highest BCUT2D eigenvalue weighted by molar-refractivity contribution is 8.00. The van der Waals surface area contributed by atoms with E-state index in [1.165, 1.54) is 11.8 Å². The van der Waals surface area contributed by atoms with E-state index in [1.807, 2.05) is 62.4 Å². The van der Waals surface area contributed by atoms with Crippen LogP contribution in [-0.2, 0) is 30.3 Å². The van der Waals surface area contributed by atoms with Crippen molar-refractivity contribution < 1.29 is 29.0 Å². The molecule has 0 spiro atoms. The normalized spacial score (nSPS) is 18.5. The number of aliphatic carboxylic acids is 1. The van der Waals surface area contributed by atoms with Crippen molar-refractivity contribution in [3.63, 3.8) is 0 Å². The molecule has 40 heavy (non-hydrogen) atoms. The predicted octanol–water partition coefficient (Wildman–Crippen LogP) is 4.38. The molecule has 2 heterocycles. The Bertz CT molecular complexity index is 1510. The largest absolute Gasteiger partial charge is 0.477 e. The summed E-state index contributed by atoms with van der Waals surface area (Å²) in [5, 5.41) is 11.3. The number of thioether (sulfide) groups is 1. The molecule has 2 aliphatic heterocycles. The van der Waals surface area contributed by atoms with E-state index >= 15 is 0 Å². The van der Waals surface area contributed by atoms with Crippen molar-refractivity contribution in [1.29, 1.82) is 0 Å². The maximum atomic E-state index is 13.0. The Hall–Kier alpha value is -3.62. The van der Waals surface area contributed by atoms with Gasteiger partial charge in [0, 0.05) is 29.9 Å². The summed E-state index contributed by atoms with van der Waals surface area (Å²) in [6.45, 7) is 4.06. The number of allylic oxidation sites excluding steroid dienone is 1. The van der Waals surface area contributed by atoms with Gasteiger partial charge in [0.25, 0.3) is 0 Å². The molecule has 0 radical (unpaired) electrons. The molecule has 208 valence electrons. The van der Waals surface area contributed by atoms with Gasteiger partial charge in [0.05, 0.1) is 12.5 Å². The van der Waals surface area contributed by atoms with Crippen LogP contribution in [0, 0.1) is 12.8 Å². The number of carbonyl (C=O) groups excluding carboxylic acids is 2. The Morgan fingerprint density at radius 1 is 1.23 bits per heavy atom. The van der Waals surface area contributed by atoms with Crippen molar-refractivity contribution in [3.05, 3.63) is 86.5 Å². The number of hydrogen-bond donors (Lipinski definition) is 1. The number of halogens is 1. The highest BCUT2D eigenvalue weighted by atomic mass is 35.5. The number of hydrogen-bond acceptors (Lipinski definition) is 7. The first-order valence-corrected chi connectivity index (χ1v) is 14.4. The number of carboxylic acid groups (broad SMARTS) is 1. The number of nitrogens with zero attached hydrogens (tertiary/aromatic N) is 1. The van der Waals surface area contributed by atoms with Crippen LogP contribution in [0.25, 0.3) is 18.4 Å². The second-order valence-electron chi connectivity index (χ2n) is 9.54. The lowest BCUT2D eigenvalue weighted by atomic mass is 9.97.